The molecule has 1 amide bonds. The van der Waals surface area contributed by atoms with Gasteiger partial charge in [-0.25, -0.2) is 0 Å². The molecule has 1 aromatic rings. The van der Waals surface area contributed by atoms with Gasteiger partial charge in [0.05, 0.1) is 6.04 Å². The molecular weight excluding hydrogens is 264 g/mol. The second-order valence-electron chi connectivity index (χ2n) is 6.94. The molecule has 0 radical (unpaired) electrons. The van der Waals surface area contributed by atoms with Gasteiger partial charge in [-0.15, -0.1) is 0 Å². The lowest BCUT2D eigenvalue weighted by molar-refractivity contribution is -0.135. The van der Waals surface area contributed by atoms with Gasteiger partial charge >= 0.3 is 0 Å². The fourth-order valence-corrected chi connectivity index (χ4v) is 4.26. The van der Waals surface area contributed by atoms with Crippen molar-refractivity contribution in [2.24, 2.45) is 11.3 Å². The van der Waals surface area contributed by atoms with Crippen molar-refractivity contribution in [2.75, 3.05) is 26.2 Å². The number of aromatic nitrogens is 2. The number of nitrogens with one attached hydrogen (secondary N) is 1. The molecule has 2 aliphatic heterocycles. The van der Waals surface area contributed by atoms with Crippen LogP contribution in [-0.4, -0.2) is 46.8 Å². The molecule has 5 heteroatoms. The molecule has 1 aromatic heterocycles. The quantitative estimate of drug-likeness (QED) is 0.896. The number of carbonyl (C=O) groups is 1. The second-order valence-corrected chi connectivity index (χ2v) is 6.94. The topological polar surface area (TPSA) is 50.2 Å². The van der Waals surface area contributed by atoms with Crippen molar-refractivity contribution in [1.82, 2.24) is 20.0 Å². The van der Waals surface area contributed by atoms with Gasteiger partial charge in [0.25, 0.3) is 0 Å². The van der Waals surface area contributed by atoms with Crippen molar-refractivity contribution in [1.29, 1.82) is 0 Å². The van der Waals surface area contributed by atoms with E-state index in [2.05, 4.69) is 15.3 Å². The number of hydrogen-bond donors (Lipinski definition) is 1. The number of amides is 1. The van der Waals surface area contributed by atoms with E-state index >= 15 is 0 Å². The largest absolute Gasteiger partial charge is 0.340 e. The summed E-state index contributed by atoms with van der Waals surface area (Å²) >= 11 is 0. The third-order valence-corrected chi connectivity index (χ3v) is 5.69. The Morgan fingerprint density at radius 3 is 2.95 bits per heavy atom. The number of nitrogens with zero attached hydrogens (tertiary/aromatic N) is 3. The Labute approximate surface area is 125 Å². The van der Waals surface area contributed by atoms with E-state index in [0.29, 0.717) is 23.3 Å². The van der Waals surface area contributed by atoms with E-state index in [0.717, 1.165) is 45.4 Å². The monoisotopic (exact) mass is 288 g/mol. The summed E-state index contributed by atoms with van der Waals surface area (Å²) in [6, 6.07) is 2.33. The molecule has 3 heterocycles. The van der Waals surface area contributed by atoms with E-state index < -0.39 is 0 Å². The molecule has 1 aliphatic carbocycles. The molecule has 3 aliphatic rings. The molecule has 2 atom stereocenters. The normalized spacial score (nSPS) is 31.3. The van der Waals surface area contributed by atoms with Crippen LogP contribution in [0.3, 0.4) is 0 Å². The van der Waals surface area contributed by atoms with Gasteiger partial charge in [-0.05, 0) is 56.7 Å². The summed E-state index contributed by atoms with van der Waals surface area (Å²) in [5, 5.41) is 7.76. The lowest BCUT2D eigenvalue weighted by Crippen LogP contribution is -2.43. The lowest BCUT2D eigenvalue weighted by atomic mass is 9.91. The Kier molecular flexibility index (Phi) is 3.25. The maximum Gasteiger partial charge on any atom is 0.226 e. The van der Waals surface area contributed by atoms with Crippen LogP contribution in [-0.2, 0) is 4.79 Å². The first-order valence-corrected chi connectivity index (χ1v) is 8.27. The van der Waals surface area contributed by atoms with Crippen LogP contribution < -0.4 is 5.32 Å². The molecule has 4 rings (SSSR count). The molecule has 1 spiro atoms. The summed E-state index contributed by atoms with van der Waals surface area (Å²) in [6.07, 6.45) is 9.55. The summed E-state index contributed by atoms with van der Waals surface area (Å²) in [6.45, 7) is 3.94. The summed E-state index contributed by atoms with van der Waals surface area (Å²) in [4.78, 5) is 14.9. The van der Waals surface area contributed by atoms with Crippen LogP contribution in [0, 0.1) is 11.3 Å². The number of carbonyl (C=O) groups excluding carboxylic acids is 1. The minimum Gasteiger partial charge on any atom is -0.340 e. The van der Waals surface area contributed by atoms with Crippen molar-refractivity contribution in [3.63, 3.8) is 0 Å². The summed E-state index contributed by atoms with van der Waals surface area (Å²) in [7, 11) is 0. The fourth-order valence-electron chi connectivity index (χ4n) is 4.26. The minimum atomic E-state index is 0.302. The van der Waals surface area contributed by atoms with Crippen molar-refractivity contribution in [3.05, 3.63) is 18.5 Å². The first-order chi connectivity index (χ1) is 10.3. The van der Waals surface area contributed by atoms with Crippen LogP contribution in [0.1, 0.15) is 38.1 Å². The smallest absolute Gasteiger partial charge is 0.226 e. The molecule has 0 aromatic carbocycles. The average molecular weight is 288 g/mol. The first-order valence-electron chi connectivity index (χ1n) is 8.27. The molecule has 114 valence electrons. The van der Waals surface area contributed by atoms with Crippen LogP contribution >= 0.6 is 0 Å². The standard InChI is InChI=1S/C16H24N4O/c21-15(14-11-16(14)4-7-17-8-5-16)19-9-1-3-13(12-19)20-10-2-6-18-20/h2,6,10,13-14,17H,1,3-5,7-9,11-12H2. The Morgan fingerprint density at radius 1 is 1.33 bits per heavy atom. The Hall–Kier alpha value is -1.36. The highest BCUT2D eigenvalue weighted by atomic mass is 16.2. The zero-order chi connectivity index (χ0) is 14.3. The number of hydrogen-bond acceptors (Lipinski definition) is 3. The van der Waals surface area contributed by atoms with E-state index in [4.69, 9.17) is 0 Å². The highest BCUT2D eigenvalue weighted by Gasteiger charge is 2.58. The average Bonchev–Trinajstić information content (AvgIpc) is 2.99. The van der Waals surface area contributed by atoms with Gasteiger partial charge in [-0.2, -0.15) is 5.10 Å². The zero-order valence-corrected chi connectivity index (χ0v) is 12.5. The van der Waals surface area contributed by atoms with Gasteiger partial charge in [-0.3, -0.25) is 9.48 Å². The van der Waals surface area contributed by atoms with Crippen molar-refractivity contribution in [3.8, 4) is 0 Å². The lowest BCUT2D eigenvalue weighted by Gasteiger charge is -2.34. The van der Waals surface area contributed by atoms with Crippen molar-refractivity contribution in [2.45, 2.75) is 38.1 Å². The summed E-state index contributed by atoms with van der Waals surface area (Å²) in [5.41, 5.74) is 0.348. The third-order valence-electron chi connectivity index (χ3n) is 5.69. The summed E-state index contributed by atoms with van der Waals surface area (Å²) < 4.78 is 2.02. The van der Waals surface area contributed by atoms with Crippen LogP contribution in [0.2, 0.25) is 0 Å². The maximum absolute atomic E-state index is 12.8. The number of piperidine rings is 2. The Bertz CT molecular complexity index is 506. The van der Waals surface area contributed by atoms with Gasteiger partial charge in [-0.1, -0.05) is 0 Å². The summed E-state index contributed by atoms with van der Waals surface area (Å²) in [5.74, 6) is 0.713. The van der Waals surface area contributed by atoms with Crippen LogP contribution in [0.25, 0.3) is 0 Å². The zero-order valence-electron chi connectivity index (χ0n) is 12.5. The Balaban J connectivity index is 1.41. The van der Waals surface area contributed by atoms with E-state index in [9.17, 15) is 4.79 Å². The van der Waals surface area contributed by atoms with E-state index in [1.807, 2.05) is 23.1 Å². The molecule has 0 bridgehead atoms. The predicted molar refractivity (Wildman–Crippen MR) is 79.7 cm³/mol. The molecule has 3 fully saturated rings. The van der Waals surface area contributed by atoms with Gasteiger partial charge < -0.3 is 10.2 Å². The molecule has 2 unspecified atom stereocenters. The van der Waals surface area contributed by atoms with Gasteiger partial charge in [0, 0.05) is 31.4 Å². The van der Waals surface area contributed by atoms with Gasteiger partial charge in [0.1, 0.15) is 0 Å². The third kappa shape index (κ3) is 2.37. The molecule has 5 nitrogen and oxygen atoms in total. The number of rotatable bonds is 2. The Morgan fingerprint density at radius 2 is 2.19 bits per heavy atom. The SMILES string of the molecule is O=C(C1CC12CCNCC2)N1CCCC(n2cccn2)C1. The van der Waals surface area contributed by atoms with E-state index in [-0.39, 0.29) is 0 Å². The second kappa shape index (κ2) is 5.13. The molecule has 2 saturated heterocycles. The highest BCUT2D eigenvalue weighted by molar-refractivity contribution is 5.83. The molecule has 1 N–H and O–H groups in total. The predicted octanol–water partition coefficient (Wildman–Crippen LogP) is 1.44. The van der Waals surface area contributed by atoms with Gasteiger partial charge in [0.15, 0.2) is 0 Å². The minimum absolute atomic E-state index is 0.302. The van der Waals surface area contributed by atoms with E-state index in [1.165, 1.54) is 12.8 Å². The van der Waals surface area contributed by atoms with Crippen LogP contribution in [0.4, 0.5) is 0 Å². The van der Waals surface area contributed by atoms with Crippen molar-refractivity contribution < 1.29 is 4.79 Å². The van der Waals surface area contributed by atoms with E-state index in [1.54, 1.807) is 0 Å². The first kappa shape index (κ1) is 13.3. The number of likely N-dealkylation sites (tertiary alicyclic amines) is 1. The molecule has 1 saturated carbocycles. The van der Waals surface area contributed by atoms with Crippen LogP contribution in [0.15, 0.2) is 18.5 Å². The fraction of sp³-hybridized carbons (Fsp3) is 0.750. The van der Waals surface area contributed by atoms with Gasteiger partial charge in [0.2, 0.25) is 5.91 Å². The molecular formula is C16H24N4O. The van der Waals surface area contributed by atoms with Crippen molar-refractivity contribution >= 4 is 5.91 Å². The maximum atomic E-state index is 12.8. The van der Waals surface area contributed by atoms with Crippen LogP contribution in [0.5, 0.6) is 0 Å². The molecule has 21 heavy (non-hydrogen) atoms. The highest BCUT2D eigenvalue weighted by Crippen LogP contribution is 2.59.